The van der Waals surface area contributed by atoms with Gasteiger partial charge >= 0.3 is 0 Å². The number of piperazine rings is 1. The van der Waals surface area contributed by atoms with Crippen LogP contribution in [0.15, 0.2) is 58.5 Å². The van der Waals surface area contributed by atoms with E-state index in [1.807, 2.05) is 6.07 Å². The summed E-state index contributed by atoms with van der Waals surface area (Å²) in [4.78, 5) is 27.1. The molecule has 5 rings (SSSR count). The third-order valence-electron chi connectivity index (χ3n) is 5.96. The van der Waals surface area contributed by atoms with Crippen molar-refractivity contribution in [3.05, 3.63) is 48.5 Å². The maximum absolute atomic E-state index is 13.1. The van der Waals surface area contributed by atoms with Gasteiger partial charge in [0.2, 0.25) is 15.9 Å². The number of hydrogen-bond acceptors (Lipinski definition) is 7. The Morgan fingerprint density at radius 2 is 1.59 bits per heavy atom. The largest absolute Gasteiger partial charge is 0.486 e. The molecule has 2 aromatic rings. The van der Waals surface area contributed by atoms with Crippen LogP contribution in [-0.4, -0.2) is 74.5 Å². The Hall–Kier alpha value is -3.44. The number of hydrogen-bond donors (Lipinski definition) is 0. The van der Waals surface area contributed by atoms with Gasteiger partial charge in [0.15, 0.2) is 11.5 Å². The highest BCUT2D eigenvalue weighted by Gasteiger charge is 2.34. The van der Waals surface area contributed by atoms with Gasteiger partial charge in [0, 0.05) is 45.1 Å². The molecule has 1 fully saturated rings. The normalized spacial score (nSPS) is 19.1. The summed E-state index contributed by atoms with van der Waals surface area (Å²) in [6, 6.07) is 13.5. The van der Waals surface area contributed by atoms with Crippen molar-refractivity contribution in [1.82, 2.24) is 9.21 Å². The van der Waals surface area contributed by atoms with Crippen LogP contribution < -0.4 is 14.5 Å². The van der Waals surface area contributed by atoms with Crippen LogP contribution in [0, 0.1) is 0 Å². The van der Waals surface area contributed by atoms with E-state index in [9.17, 15) is 18.0 Å². The number of para-hydroxylation sites is 1. The van der Waals surface area contributed by atoms with Crippen molar-refractivity contribution in [2.45, 2.75) is 17.7 Å². The zero-order chi connectivity index (χ0) is 23.7. The monoisotopic (exact) mass is 484 g/mol. The van der Waals surface area contributed by atoms with E-state index < -0.39 is 10.0 Å². The van der Waals surface area contributed by atoms with Gasteiger partial charge in [0.05, 0.1) is 10.6 Å². The molecule has 0 spiro atoms. The maximum atomic E-state index is 13.1. The van der Waals surface area contributed by atoms with Gasteiger partial charge < -0.3 is 14.4 Å². The molecule has 0 bridgehead atoms. The first-order valence-electron chi connectivity index (χ1n) is 11.1. The lowest BCUT2D eigenvalue weighted by molar-refractivity contribution is -0.125. The Balaban J connectivity index is 1.27. The first kappa shape index (κ1) is 22.4. The van der Waals surface area contributed by atoms with Gasteiger partial charge in [-0.25, -0.2) is 13.4 Å². The van der Waals surface area contributed by atoms with E-state index in [4.69, 9.17) is 9.47 Å². The van der Waals surface area contributed by atoms with Gasteiger partial charge in [0.1, 0.15) is 18.9 Å². The maximum Gasteiger partial charge on any atom is 0.270 e. The van der Waals surface area contributed by atoms with Gasteiger partial charge in [-0.05, 0) is 24.3 Å². The minimum Gasteiger partial charge on any atom is -0.486 e. The summed E-state index contributed by atoms with van der Waals surface area (Å²) in [7, 11) is -3.74. The molecule has 11 heteroatoms. The lowest BCUT2D eigenvalue weighted by Crippen LogP contribution is -2.52. The fraction of sp³-hybridized carbons (Fsp3) is 0.348. The molecule has 2 amide bonds. The van der Waals surface area contributed by atoms with E-state index in [0.29, 0.717) is 36.1 Å². The van der Waals surface area contributed by atoms with Gasteiger partial charge in [-0.3, -0.25) is 9.59 Å². The Kier molecular flexibility index (Phi) is 5.96. The number of amides is 2. The van der Waals surface area contributed by atoms with E-state index in [1.54, 1.807) is 35.2 Å². The Labute approximate surface area is 197 Å². The lowest BCUT2D eigenvalue weighted by atomic mass is 10.1. The van der Waals surface area contributed by atoms with Crippen LogP contribution in [0.4, 0.5) is 5.69 Å². The highest BCUT2D eigenvalue weighted by Crippen LogP contribution is 2.33. The van der Waals surface area contributed by atoms with E-state index in [0.717, 1.165) is 0 Å². The molecule has 0 atom stereocenters. The second-order valence-corrected chi connectivity index (χ2v) is 10.0. The lowest BCUT2D eigenvalue weighted by Gasteiger charge is -2.35. The number of anilines is 1. The Morgan fingerprint density at radius 1 is 0.882 bits per heavy atom. The molecule has 10 nitrogen and oxygen atoms in total. The van der Waals surface area contributed by atoms with E-state index in [2.05, 4.69) is 5.10 Å². The second-order valence-electron chi connectivity index (χ2n) is 8.09. The summed E-state index contributed by atoms with van der Waals surface area (Å²) in [5.41, 5.74) is 0.902. The zero-order valence-corrected chi connectivity index (χ0v) is 19.2. The molecular weight excluding hydrogens is 460 g/mol. The number of carbonyl (C=O) groups excluding carboxylic acids is 2. The molecular formula is C23H24N4O6S. The van der Waals surface area contributed by atoms with Crippen molar-refractivity contribution in [2.75, 3.05) is 44.4 Å². The van der Waals surface area contributed by atoms with Gasteiger partial charge in [-0.15, -0.1) is 0 Å². The highest BCUT2D eigenvalue weighted by molar-refractivity contribution is 7.89. The van der Waals surface area contributed by atoms with Crippen LogP contribution >= 0.6 is 0 Å². The number of sulfonamides is 1. The summed E-state index contributed by atoms with van der Waals surface area (Å²) in [6.07, 6.45) is 0.453. The summed E-state index contributed by atoms with van der Waals surface area (Å²) in [6.45, 7) is 1.60. The van der Waals surface area contributed by atoms with Crippen LogP contribution in [0.5, 0.6) is 11.5 Å². The first-order chi connectivity index (χ1) is 16.4. The SMILES string of the molecule is O=C(C1=NN(c2ccccc2)C(=O)CC1)N1CCN(S(=O)(=O)c2ccc3c(c2)OCCO3)CC1. The summed E-state index contributed by atoms with van der Waals surface area (Å²) < 4.78 is 38.6. The molecule has 3 aliphatic rings. The van der Waals surface area contributed by atoms with Gasteiger partial charge in [-0.1, -0.05) is 18.2 Å². The van der Waals surface area contributed by atoms with Crippen LogP contribution in [0.3, 0.4) is 0 Å². The molecule has 3 heterocycles. The number of benzene rings is 2. The van der Waals surface area contributed by atoms with E-state index in [1.165, 1.54) is 21.4 Å². The Bertz CT molecular complexity index is 1240. The Morgan fingerprint density at radius 3 is 2.32 bits per heavy atom. The molecule has 34 heavy (non-hydrogen) atoms. The van der Waals surface area contributed by atoms with E-state index >= 15 is 0 Å². The third-order valence-corrected chi connectivity index (χ3v) is 7.85. The predicted molar refractivity (Wildman–Crippen MR) is 123 cm³/mol. The number of nitrogens with zero attached hydrogens (tertiary/aromatic N) is 4. The van der Waals surface area contributed by atoms with Crippen molar-refractivity contribution in [3.8, 4) is 11.5 Å². The number of rotatable bonds is 4. The molecule has 0 unspecified atom stereocenters. The first-order valence-corrected chi connectivity index (χ1v) is 12.5. The fourth-order valence-corrected chi connectivity index (χ4v) is 5.56. The van der Waals surface area contributed by atoms with Crippen molar-refractivity contribution in [1.29, 1.82) is 0 Å². The molecule has 3 aliphatic heterocycles. The number of hydrazone groups is 1. The topological polar surface area (TPSA) is 109 Å². The van der Waals surface area contributed by atoms with Crippen molar-refractivity contribution < 1.29 is 27.5 Å². The number of carbonyl (C=O) groups is 2. The molecule has 0 N–H and O–H groups in total. The quantitative estimate of drug-likeness (QED) is 0.650. The van der Waals surface area contributed by atoms with Crippen LogP contribution in [0.2, 0.25) is 0 Å². The molecule has 0 aliphatic carbocycles. The second kappa shape index (κ2) is 9.07. The van der Waals surface area contributed by atoms with Gasteiger partial charge in [-0.2, -0.15) is 9.41 Å². The van der Waals surface area contributed by atoms with Gasteiger partial charge in [0.25, 0.3) is 5.91 Å². The average Bonchev–Trinajstić information content (AvgIpc) is 2.89. The van der Waals surface area contributed by atoms with E-state index in [-0.39, 0.29) is 55.7 Å². The zero-order valence-electron chi connectivity index (χ0n) is 18.4. The van der Waals surface area contributed by atoms with Crippen LogP contribution in [-0.2, 0) is 19.6 Å². The summed E-state index contributed by atoms with van der Waals surface area (Å²) in [5, 5.41) is 5.58. The molecule has 0 aromatic heterocycles. The van der Waals surface area contributed by atoms with Crippen molar-refractivity contribution in [2.24, 2.45) is 5.10 Å². The average molecular weight is 485 g/mol. The molecule has 2 aromatic carbocycles. The van der Waals surface area contributed by atoms with Crippen molar-refractivity contribution in [3.63, 3.8) is 0 Å². The summed E-state index contributed by atoms with van der Waals surface area (Å²) >= 11 is 0. The van der Waals surface area contributed by atoms with Crippen LogP contribution in [0.1, 0.15) is 12.8 Å². The van der Waals surface area contributed by atoms with Crippen molar-refractivity contribution >= 4 is 33.2 Å². The molecule has 0 saturated carbocycles. The number of ether oxygens (including phenoxy) is 2. The van der Waals surface area contributed by atoms with Crippen LogP contribution in [0.25, 0.3) is 0 Å². The third kappa shape index (κ3) is 4.24. The highest BCUT2D eigenvalue weighted by atomic mass is 32.2. The fourth-order valence-electron chi connectivity index (χ4n) is 4.13. The minimum atomic E-state index is -3.74. The summed E-state index contributed by atoms with van der Waals surface area (Å²) in [5.74, 6) is 0.494. The standard InChI is InChI=1S/C23H24N4O6S/c28-22-9-7-19(24-27(22)17-4-2-1-3-5-17)23(29)25-10-12-26(13-11-25)34(30,31)18-6-8-20-21(16-18)33-15-14-32-20/h1-6,8,16H,7,9-15H2. The predicted octanol–water partition coefficient (Wildman–Crippen LogP) is 1.47. The molecule has 1 saturated heterocycles. The smallest absolute Gasteiger partial charge is 0.270 e. The molecule has 178 valence electrons. The number of fused-ring (bicyclic) bond motifs is 1. The minimum absolute atomic E-state index is 0.130. The molecule has 0 radical (unpaired) electrons.